The highest BCUT2D eigenvalue weighted by Gasteiger charge is 2.10. The minimum absolute atomic E-state index is 0.0184. The summed E-state index contributed by atoms with van der Waals surface area (Å²) in [5.41, 5.74) is -1.10. The van der Waals surface area contributed by atoms with E-state index in [1.165, 1.54) is 22.8 Å². The molecule has 0 radical (unpaired) electrons. The van der Waals surface area contributed by atoms with Crippen LogP contribution in [0.15, 0.2) is 40.6 Å². The number of hydrogen-bond donors (Lipinski definition) is 3. The molecule has 0 aliphatic carbocycles. The van der Waals surface area contributed by atoms with E-state index in [0.717, 1.165) is 12.3 Å². The van der Waals surface area contributed by atoms with E-state index < -0.39 is 23.2 Å². The van der Waals surface area contributed by atoms with Crippen molar-refractivity contribution in [1.82, 2.24) is 9.55 Å². The molecule has 2 rings (SSSR count). The Morgan fingerprint density at radius 1 is 1.50 bits per heavy atom. The van der Waals surface area contributed by atoms with Crippen LogP contribution in [-0.2, 0) is 6.54 Å². The van der Waals surface area contributed by atoms with Crippen LogP contribution in [0, 0.1) is 4.77 Å². The fourth-order valence-electron chi connectivity index (χ4n) is 1.88. The van der Waals surface area contributed by atoms with Gasteiger partial charge in [-0.25, -0.2) is 4.79 Å². The average Bonchev–Trinajstić information content (AvgIpc) is 2.52. The van der Waals surface area contributed by atoms with Gasteiger partial charge in [0.05, 0.1) is 11.3 Å². The molecule has 0 spiro atoms. The number of benzene rings is 1. The normalized spacial score (nSPS) is 10.8. The Morgan fingerprint density at radius 2 is 2.21 bits per heavy atom. The Hall–Kier alpha value is -3.20. The van der Waals surface area contributed by atoms with Gasteiger partial charge in [-0.3, -0.25) is 19.3 Å². The third-order valence-corrected chi connectivity index (χ3v) is 3.38. The summed E-state index contributed by atoms with van der Waals surface area (Å²) in [5, 5.41) is 30.7. The number of carboxylic acid groups (broad SMARTS) is 1. The van der Waals surface area contributed by atoms with Gasteiger partial charge in [-0.15, -0.1) is 6.58 Å². The molecule has 24 heavy (non-hydrogen) atoms. The molecule has 3 N–H and O–H groups in total. The zero-order chi connectivity index (χ0) is 17.9. The number of aromatic hydroxyl groups is 1. The van der Waals surface area contributed by atoms with Gasteiger partial charge in [0.15, 0.2) is 4.77 Å². The van der Waals surface area contributed by atoms with Gasteiger partial charge in [-0.1, -0.05) is 17.9 Å². The molecule has 1 aromatic heterocycles. The van der Waals surface area contributed by atoms with Gasteiger partial charge in [0.25, 0.3) is 5.56 Å². The molecule has 0 fully saturated rings. The molecule has 0 bridgehead atoms. The van der Waals surface area contributed by atoms with Crippen molar-refractivity contribution in [2.75, 3.05) is 0 Å². The van der Waals surface area contributed by atoms with Crippen molar-refractivity contribution in [3.8, 4) is 11.6 Å². The van der Waals surface area contributed by atoms with Gasteiger partial charge >= 0.3 is 5.97 Å². The van der Waals surface area contributed by atoms with Crippen molar-refractivity contribution in [2.24, 2.45) is 4.99 Å². The Labute approximate surface area is 140 Å². The molecule has 9 heteroatoms. The lowest BCUT2D eigenvalue weighted by atomic mass is 10.2. The highest BCUT2D eigenvalue weighted by atomic mass is 32.1. The van der Waals surface area contributed by atoms with Crippen LogP contribution in [0.1, 0.15) is 15.9 Å². The second-order valence-corrected chi connectivity index (χ2v) is 5.03. The number of carbonyl (C=O) groups is 1. The first-order valence-corrected chi connectivity index (χ1v) is 7.01. The third kappa shape index (κ3) is 3.41. The standard InChI is InChI=1S/C15H13N3O5S/c1-2-5-18-13(21)9(12(20)17-15(18)24)7-16-10-4-3-8(14(22)23)6-11(10)19/h2-4,6-7,19,21H,1,5H2,(H,22,23)(H,17,20,24)/p-1. The maximum atomic E-state index is 11.9. The minimum atomic E-state index is -1.23. The molecule has 0 aliphatic rings. The zero-order valence-electron chi connectivity index (χ0n) is 12.2. The first-order valence-electron chi connectivity index (χ1n) is 6.60. The lowest BCUT2D eigenvalue weighted by Gasteiger charge is -2.11. The number of allylic oxidation sites excluding steroid dienone is 1. The fraction of sp³-hybridized carbons (Fsp3) is 0.0667. The Bertz CT molecular complexity index is 959. The number of aromatic amines is 1. The number of carboxylic acids is 1. The quantitative estimate of drug-likeness (QED) is 0.425. The second kappa shape index (κ2) is 6.92. The van der Waals surface area contributed by atoms with Crippen molar-refractivity contribution in [3.05, 3.63) is 57.1 Å². The highest BCUT2D eigenvalue weighted by molar-refractivity contribution is 7.71. The summed E-state index contributed by atoms with van der Waals surface area (Å²) in [7, 11) is 0. The van der Waals surface area contributed by atoms with Crippen LogP contribution in [0.25, 0.3) is 0 Å². The molecule has 2 aromatic rings. The summed E-state index contributed by atoms with van der Waals surface area (Å²) in [4.78, 5) is 28.9. The summed E-state index contributed by atoms with van der Waals surface area (Å²) in [6.45, 7) is 3.69. The average molecular weight is 346 g/mol. The zero-order valence-corrected chi connectivity index (χ0v) is 13.0. The predicted molar refractivity (Wildman–Crippen MR) is 87.8 cm³/mol. The summed E-state index contributed by atoms with van der Waals surface area (Å²) < 4.78 is 1.25. The van der Waals surface area contributed by atoms with Gasteiger partial charge < -0.3 is 15.3 Å². The first kappa shape index (κ1) is 17.2. The Morgan fingerprint density at radius 3 is 2.79 bits per heavy atom. The smallest absolute Gasteiger partial charge is 0.335 e. The van der Waals surface area contributed by atoms with Crippen molar-refractivity contribution in [3.63, 3.8) is 0 Å². The molecular formula is C15H12N3O5S-. The molecule has 0 amide bonds. The van der Waals surface area contributed by atoms with Crippen LogP contribution in [0.2, 0.25) is 0 Å². The number of nitrogens with one attached hydrogen (secondary N) is 1. The molecular weight excluding hydrogens is 334 g/mol. The van der Waals surface area contributed by atoms with Crippen molar-refractivity contribution in [1.29, 1.82) is 0 Å². The van der Waals surface area contributed by atoms with Crippen molar-refractivity contribution >= 4 is 30.1 Å². The van der Waals surface area contributed by atoms with Crippen LogP contribution >= 0.6 is 12.2 Å². The summed E-state index contributed by atoms with van der Waals surface area (Å²) in [5.74, 6) is -2.27. The highest BCUT2D eigenvalue weighted by Crippen LogP contribution is 2.25. The topological polar surface area (TPSA) is 131 Å². The third-order valence-electron chi connectivity index (χ3n) is 3.06. The molecule has 1 aromatic carbocycles. The van der Waals surface area contributed by atoms with Crippen LogP contribution < -0.4 is 10.7 Å². The van der Waals surface area contributed by atoms with E-state index in [1.54, 1.807) is 0 Å². The van der Waals surface area contributed by atoms with Gasteiger partial charge in [-0.05, 0) is 24.4 Å². The van der Waals surface area contributed by atoms with E-state index in [-0.39, 0.29) is 28.1 Å². The number of H-pyrrole nitrogens is 1. The predicted octanol–water partition coefficient (Wildman–Crippen LogP) is 1.32. The molecule has 0 unspecified atom stereocenters. The molecule has 8 nitrogen and oxygen atoms in total. The Kier molecular flexibility index (Phi) is 4.95. The number of aliphatic imine (C=N–C) groups is 1. The Balaban J connectivity index is 2.48. The van der Waals surface area contributed by atoms with Gasteiger partial charge in [-0.2, -0.15) is 0 Å². The van der Waals surface area contributed by atoms with Gasteiger partial charge in [0.1, 0.15) is 5.56 Å². The molecule has 1 heterocycles. The number of aromatic carboxylic acids is 1. The van der Waals surface area contributed by atoms with Crippen molar-refractivity contribution in [2.45, 2.75) is 6.54 Å². The van der Waals surface area contributed by atoms with Crippen molar-refractivity contribution < 1.29 is 20.1 Å². The molecule has 0 saturated heterocycles. The maximum Gasteiger partial charge on any atom is 0.335 e. The van der Waals surface area contributed by atoms with E-state index in [4.69, 9.17) is 17.3 Å². The largest absolute Gasteiger partial charge is 0.871 e. The van der Waals surface area contributed by atoms with E-state index >= 15 is 0 Å². The van der Waals surface area contributed by atoms with E-state index in [2.05, 4.69) is 16.6 Å². The van der Waals surface area contributed by atoms with Crippen LogP contribution in [-0.4, -0.2) is 31.9 Å². The second-order valence-electron chi connectivity index (χ2n) is 4.64. The van der Waals surface area contributed by atoms with Crippen LogP contribution in [0.4, 0.5) is 5.69 Å². The van der Waals surface area contributed by atoms with Crippen LogP contribution in [0.3, 0.4) is 0 Å². The summed E-state index contributed by atoms with van der Waals surface area (Å²) in [6, 6.07) is 3.35. The summed E-state index contributed by atoms with van der Waals surface area (Å²) in [6.07, 6.45) is 2.49. The number of rotatable bonds is 5. The van der Waals surface area contributed by atoms with E-state index in [1.807, 2.05) is 0 Å². The fourth-order valence-corrected chi connectivity index (χ4v) is 2.13. The van der Waals surface area contributed by atoms with Gasteiger partial charge in [0, 0.05) is 12.8 Å². The molecule has 124 valence electrons. The van der Waals surface area contributed by atoms with Crippen LogP contribution in [0.5, 0.6) is 11.6 Å². The van der Waals surface area contributed by atoms with E-state index in [9.17, 15) is 19.8 Å². The monoisotopic (exact) mass is 346 g/mol. The van der Waals surface area contributed by atoms with E-state index in [0.29, 0.717) is 0 Å². The molecule has 0 saturated carbocycles. The lowest BCUT2D eigenvalue weighted by molar-refractivity contribution is -0.267. The summed E-state index contributed by atoms with van der Waals surface area (Å²) >= 11 is 4.94. The SMILES string of the molecule is C=CCn1c(O)c(C=Nc2ccc(C(=O)O)cc2[O-])c(=O)[nH]c1=S. The minimum Gasteiger partial charge on any atom is -0.871 e. The first-order chi connectivity index (χ1) is 11.3. The van der Waals surface area contributed by atoms with Gasteiger partial charge in [0.2, 0.25) is 5.88 Å². The molecule has 0 aliphatic heterocycles. The number of hydrogen-bond acceptors (Lipinski definition) is 6. The number of nitrogens with zero attached hydrogens (tertiary/aromatic N) is 2. The maximum absolute atomic E-state index is 11.9. The lowest BCUT2D eigenvalue weighted by Crippen LogP contribution is -2.18. The molecule has 0 atom stereocenters. The number of aromatic nitrogens is 2.